The molecule has 1 fully saturated rings. The second kappa shape index (κ2) is 4.98. The van der Waals surface area contributed by atoms with Gasteiger partial charge in [0, 0.05) is 0 Å². The molecule has 1 aromatic carbocycles. The molecule has 2 bridgehead atoms. The molecule has 21 heavy (non-hydrogen) atoms. The van der Waals surface area contributed by atoms with Gasteiger partial charge in [0.05, 0.1) is 17.5 Å². The van der Waals surface area contributed by atoms with Crippen molar-refractivity contribution in [1.29, 1.82) is 0 Å². The molecule has 0 radical (unpaired) electrons. The van der Waals surface area contributed by atoms with Crippen molar-refractivity contribution in [3.05, 3.63) is 41.7 Å². The smallest absolute Gasteiger partial charge is 0.307 e. The molecule has 1 amide bonds. The van der Waals surface area contributed by atoms with Crippen molar-refractivity contribution in [2.45, 2.75) is 13.3 Å². The van der Waals surface area contributed by atoms with Gasteiger partial charge in [-0.1, -0.05) is 18.2 Å². The molecule has 2 aliphatic carbocycles. The number of allylic oxidation sites excluding steroid dienone is 2. The van der Waals surface area contributed by atoms with Crippen molar-refractivity contribution in [3.63, 3.8) is 0 Å². The van der Waals surface area contributed by atoms with E-state index in [9.17, 15) is 19.1 Å². The van der Waals surface area contributed by atoms with Crippen LogP contribution in [0.2, 0.25) is 0 Å². The van der Waals surface area contributed by atoms with Crippen LogP contribution in [0.3, 0.4) is 0 Å². The van der Waals surface area contributed by atoms with E-state index >= 15 is 0 Å². The average Bonchev–Trinajstić information content (AvgIpc) is 3.03. The molecule has 5 heteroatoms. The van der Waals surface area contributed by atoms with E-state index < -0.39 is 29.5 Å². The zero-order chi connectivity index (χ0) is 15.1. The second-order valence-electron chi connectivity index (χ2n) is 5.81. The number of rotatable bonds is 3. The molecular weight excluding hydrogens is 273 g/mol. The first-order valence-electron chi connectivity index (χ1n) is 6.95. The third-order valence-corrected chi connectivity index (χ3v) is 4.43. The van der Waals surface area contributed by atoms with Gasteiger partial charge in [-0.25, -0.2) is 4.39 Å². The van der Waals surface area contributed by atoms with Crippen LogP contribution in [0.5, 0.6) is 0 Å². The maximum atomic E-state index is 13.7. The van der Waals surface area contributed by atoms with Crippen molar-refractivity contribution in [2.24, 2.45) is 23.7 Å². The summed E-state index contributed by atoms with van der Waals surface area (Å²) in [7, 11) is 0. The van der Waals surface area contributed by atoms with Crippen LogP contribution in [0.15, 0.2) is 30.4 Å². The second-order valence-corrected chi connectivity index (χ2v) is 5.81. The number of carbonyl (C=O) groups excluding carboxylic acids is 1. The summed E-state index contributed by atoms with van der Waals surface area (Å²) in [6, 6.07) is 4.46. The Bertz CT molecular complexity index is 640. The quantitative estimate of drug-likeness (QED) is 0.841. The Labute approximate surface area is 121 Å². The number of amides is 1. The number of hydrogen-bond donors (Lipinski definition) is 2. The van der Waals surface area contributed by atoms with Crippen molar-refractivity contribution in [3.8, 4) is 0 Å². The number of aryl methyl sites for hydroxylation is 1. The molecule has 4 nitrogen and oxygen atoms in total. The Kier molecular flexibility index (Phi) is 3.27. The highest BCUT2D eigenvalue weighted by Crippen LogP contribution is 2.48. The van der Waals surface area contributed by atoms with E-state index in [1.54, 1.807) is 19.1 Å². The molecule has 0 heterocycles. The van der Waals surface area contributed by atoms with Gasteiger partial charge in [0.2, 0.25) is 5.91 Å². The van der Waals surface area contributed by atoms with Crippen LogP contribution in [0.25, 0.3) is 0 Å². The summed E-state index contributed by atoms with van der Waals surface area (Å²) in [6.45, 7) is 1.80. The van der Waals surface area contributed by atoms with E-state index in [2.05, 4.69) is 5.32 Å². The fraction of sp³-hybridized carbons (Fsp3) is 0.375. The van der Waals surface area contributed by atoms with Gasteiger partial charge in [-0.2, -0.15) is 0 Å². The number of benzene rings is 1. The van der Waals surface area contributed by atoms with E-state index in [1.807, 2.05) is 12.2 Å². The molecule has 0 spiro atoms. The SMILES string of the molecule is Cc1ccc(F)c(NC(=O)[C@@H]2[C@@H](C(=O)O)[C@H]3C=C[C@@H]2C3)c1. The number of halogens is 1. The summed E-state index contributed by atoms with van der Waals surface area (Å²) in [5.74, 6) is -3.39. The number of nitrogens with one attached hydrogen (secondary N) is 1. The average molecular weight is 289 g/mol. The van der Waals surface area contributed by atoms with Crippen LogP contribution >= 0.6 is 0 Å². The predicted molar refractivity (Wildman–Crippen MR) is 75.1 cm³/mol. The number of carboxylic acid groups (broad SMARTS) is 1. The lowest BCUT2D eigenvalue weighted by atomic mass is 9.82. The van der Waals surface area contributed by atoms with Crippen molar-refractivity contribution >= 4 is 17.6 Å². The third kappa shape index (κ3) is 2.33. The maximum Gasteiger partial charge on any atom is 0.307 e. The van der Waals surface area contributed by atoms with E-state index in [1.165, 1.54) is 6.07 Å². The summed E-state index contributed by atoms with van der Waals surface area (Å²) < 4.78 is 13.7. The predicted octanol–water partition coefficient (Wildman–Crippen LogP) is 2.60. The van der Waals surface area contributed by atoms with Crippen LogP contribution in [-0.2, 0) is 9.59 Å². The molecule has 2 aliphatic rings. The number of fused-ring (bicyclic) bond motifs is 2. The first-order chi connectivity index (χ1) is 9.97. The summed E-state index contributed by atoms with van der Waals surface area (Å²) in [6.07, 6.45) is 4.47. The summed E-state index contributed by atoms with van der Waals surface area (Å²) in [5.41, 5.74) is 0.935. The molecule has 0 saturated heterocycles. The largest absolute Gasteiger partial charge is 0.481 e. The molecule has 0 unspecified atom stereocenters. The van der Waals surface area contributed by atoms with Gasteiger partial charge < -0.3 is 10.4 Å². The van der Waals surface area contributed by atoms with Crippen molar-refractivity contribution < 1.29 is 19.1 Å². The normalized spacial score (nSPS) is 29.6. The minimum absolute atomic E-state index is 0.0658. The highest BCUT2D eigenvalue weighted by molar-refractivity contribution is 5.96. The van der Waals surface area contributed by atoms with E-state index in [0.717, 1.165) is 5.56 Å². The molecule has 3 rings (SSSR count). The zero-order valence-electron chi connectivity index (χ0n) is 11.5. The van der Waals surface area contributed by atoms with Gasteiger partial charge in [-0.3, -0.25) is 9.59 Å². The van der Waals surface area contributed by atoms with Crippen molar-refractivity contribution in [2.75, 3.05) is 5.32 Å². The summed E-state index contributed by atoms with van der Waals surface area (Å²) in [5, 5.41) is 11.9. The molecule has 110 valence electrons. The van der Waals surface area contributed by atoms with E-state index in [-0.39, 0.29) is 17.5 Å². The molecule has 0 aliphatic heterocycles. The fourth-order valence-electron chi connectivity index (χ4n) is 3.47. The Morgan fingerprint density at radius 2 is 1.90 bits per heavy atom. The molecular formula is C16H16FNO3. The highest BCUT2D eigenvalue weighted by Gasteiger charge is 2.51. The Hall–Kier alpha value is -2.17. The minimum Gasteiger partial charge on any atom is -0.481 e. The monoisotopic (exact) mass is 289 g/mol. The van der Waals surface area contributed by atoms with Crippen LogP contribution in [0.1, 0.15) is 12.0 Å². The molecule has 2 N–H and O–H groups in total. The first-order valence-corrected chi connectivity index (χ1v) is 6.95. The van der Waals surface area contributed by atoms with Gasteiger partial charge in [-0.15, -0.1) is 0 Å². The number of anilines is 1. The van der Waals surface area contributed by atoms with E-state index in [0.29, 0.717) is 6.42 Å². The van der Waals surface area contributed by atoms with Crippen LogP contribution in [0, 0.1) is 36.4 Å². The lowest BCUT2D eigenvalue weighted by molar-refractivity contribution is -0.146. The Morgan fingerprint density at radius 1 is 1.24 bits per heavy atom. The van der Waals surface area contributed by atoms with Gasteiger partial charge in [0.15, 0.2) is 0 Å². The number of aliphatic carboxylic acids is 1. The molecule has 1 saturated carbocycles. The van der Waals surface area contributed by atoms with Crippen molar-refractivity contribution in [1.82, 2.24) is 0 Å². The standard InChI is InChI=1S/C16H16FNO3/c1-8-2-5-11(17)12(6-8)18-15(19)13-9-3-4-10(7-9)14(13)16(20)21/h2-6,9-10,13-14H,7H2,1H3,(H,18,19)(H,20,21)/t9-,10+,13+,14+/m1/s1. The lowest BCUT2D eigenvalue weighted by Gasteiger charge is -2.24. The van der Waals surface area contributed by atoms with Crippen LogP contribution in [0.4, 0.5) is 10.1 Å². The first kappa shape index (κ1) is 13.8. The molecule has 4 atom stereocenters. The maximum absolute atomic E-state index is 13.7. The molecule has 1 aromatic rings. The lowest BCUT2D eigenvalue weighted by Crippen LogP contribution is -2.36. The fourth-order valence-corrected chi connectivity index (χ4v) is 3.47. The third-order valence-electron chi connectivity index (χ3n) is 4.43. The minimum atomic E-state index is -0.961. The van der Waals surface area contributed by atoms with E-state index in [4.69, 9.17) is 0 Å². The van der Waals surface area contributed by atoms with Gasteiger partial charge in [-0.05, 0) is 42.9 Å². The van der Waals surface area contributed by atoms with Gasteiger partial charge >= 0.3 is 5.97 Å². The highest BCUT2D eigenvalue weighted by atomic mass is 19.1. The topological polar surface area (TPSA) is 66.4 Å². The molecule has 0 aromatic heterocycles. The zero-order valence-corrected chi connectivity index (χ0v) is 11.5. The Morgan fingerprint density at radius 3 is 2.57 bits per heavy atom. The summed E-state index contributed by atoms with van der Waals surface area (Å²) >= 11 is 0. The van der Waals surface area contributed by atoms with Crippen LogP contribution < -0.4 is 5.32 Å². The van der Waals surface area contributed by atoms with Gasteiger partial charge in [0.1, 0.15) is 5.82 Å². The van der Waals surface area contributed by atoms with Gasteiger partial charge in [0.25, 0.3) is 0 Å². The number of carboxylic acids is 1. The van der Waals surface area contributed by atoms with Crippen LogP contribution in [-0.4, -0.2) is 17.0 Å². The number of hydrogen-bond acceptors (Lipinski definition) is 2. The summed E-state index contributed by atoms with van der Waals surface area (Å²) in [4.78, 5) is 23.8. The Balaban J connectivity index is 1.83. The number of carbonyl (C=O) groups is 2.